The molecular weight excluding hydrogens is 186 g/mol. The van der Waals surface area contributed by atoms with Gasteiger partial charge >= 0.3 is 0 Å². The van der Waals surface area contributed by atoms with Gasteiger partial charge in [-0.1, -0.05) is 12.1 Å². The van der Waals surface area contributed by atoms with Gasteiger partial charge < -0.3 is 10.6 Å². The van der Waals surface area contributed by atoms with E-state index in [1.807, 2.05) is 0 Å². The van der Waals surface area contributed by atoms with E-state index in [1.54, 1.807) is 6.07 Å². The lowest BCUT2D eigenvalue weighted by Crippen LogP contribution is -2.43. The summed E-state index contributed by atoms with van der Waals surface area (Å²) in [5, 5.41) is 6.26. The summed E-state index contributed by atoms with van der Waals surface area (Å²) in [4.78, 5) is 0. The number of halogens is 2. The molecule has 0 amide bonds. The Labute approximate surface area is 81.3 Å². The van der Waals surface area contributed by atoms with Crippen molar-refractivity contribution in [1.29, 1.82) is 0 Å². The molecule has 2 nitrogen and oxygen atoms in total. The van der Waals surface area contributed by atoms with Crippen molar-refractivity contribution in [2.45, 2.75) is 6.04 Å². The normalized spacial score (nSPS) is 22.3. The van der Waals surface area contributed by atoms with E-state index in [2.05, 4.69) is 10.6 Å². The summed E-state index contributed by atoms with van der Waals surface area (Å²) in [6.45, 7) is 2.29. The molecule has 2 rings (SSSR count). The highest BCUT2D eigenvalue weighted by molar-refractivity contribution is 5.23. The van der Waals surface area contributed by atoms with Crippen molar-refractivity contribution < 1.29 is 8.78 Å². The number of hydrogen-bond donors (Lipinski definition) is 2. The highest BCUT2D eigenvalue weighted by atomic mass is 19.2. The van der Waals surface area contributed by atoms with E-state index in [-0.39, 0.29) is 6.04 Å². The van der Waals surface area contributed by atoms with Crippen molar-refractivity contribution in [3.8, 4) is 0 Å². The van der Waals surface area contributed by atoms with Gasteiger partial charge in [0.2, 0.25) is 0 Å². The summed E-state index contributed by atoms with van der Waals surface area (Å²) in [5.41, 5.74) is 0.400. The molecule has 4 heteroatoms. The van der Waals surface area contributed by atoms with Crippen LogP contribution in [-0.2, 0) is 0 Å². The molecule has 0 unspecified atom stereocenters. The van der Waals surface area contributed by atoms with Gasteiger partial charge in [0.15, 0.2) is 11.6 Å². The van der Waals surface area contributed by atoms with Crippen LogP contribution in [0.1, 0.15) is 11.6 Å². The van der Waals surface area contributed by atoms with Crippen LogP contribution in [0.2, 0.25) is 0 Å². The van der Waals surface area contributed by atoms with E-state index in [0.717, 1.165) is 19.2 Å². The Balaban J connectivity index is 2.26. The Morgan fingerprint density at radius 1 is 1.21 bits per heavy atom. The van der Waals surface area contributed by atoms with E-state index < -0.39 is 11.6 Å². The van der Waals surface area contributed by atoms with Gasteiger partial charge in [-0.3, -0.25) is 0 Å². The van der Waals surface area contributed by atoms with E-state index in [0.29, 0.717) is 12.1 Å². The van der Waals surface area contributed by atoms with Crippen LogP contribution in [0, 0.1) is 11.6 Å². The summed E-state index contributed by atoms with van der Waals surface area (Å²) < 4.78 is 26.3. The van der Waals surface area contributed by atoms with Crippen molar-refractivity contribution in [2.24, 2.45) is 0 Å². The second-order valence-corrected chi connectivity index (χ2v) is 3.35. The van der Waals surface area contributed by atoms with Crippen molar-refractivity contribution in [3.05, 3.63) is 35.4 Å². The van der Waals surface area contributed by atoms with E-state index >= 15 is 0 Å². The number of piperazine rings is 1. The first-order valence-corrected chi connectivity index (χ1v) is 4.67. The van der Waals surface area contributed by atoms with E-state index in [1.165, 1.54) is 6.07 Å². The molecule has 0 aromatic heterocycles. The molecule has 0 spiro atoms. The highest BCUT2D eigenvalue weighted by Gasteiger charge is 2.19. The van der Waals surface area contributed by atoms with Gasteiger partial charge in [0, 0.05) is 31.2 Å². The first kappa shape index (κ1) is 9.55. The topological polar surface area (TPSA) is 24.1 Å². The van der Waals surface area contributed by atoms with Gasteiger partial charge in [-0.2, -0.15) is 0 Å². The molecule has 1 aromatic rings. The minimum absolute atomic E-state index is 0.126. The first-order valence-electron chi connectivity index (χ1n) is 4.67. The third-order valence-electron chi connectivity index (χ3n) is 2.40. The molecule has 2 N–H and O–H groups in total. The lowest BCUT2D eigenvalue weighted by atomic mass is 10.0. The summed E-state index contributed by atoms with van der Waals surface area (Å²) >= 11 is 0. The van der Waals surface area contributed by atoms with Crippen LogP contribution in [0.3, 0.4) is 0 Å². The number of hydrogen-bond acceptors (Lipinski definition) is 2. The fourth-order valence-corrected chi connectivity index (χ4v) is 1.66. The quantitative estimate of drug-likeness (QED) is 0.708. The molecule has 1 aliphatic rings. The zero-order chi connectivity index (χ0) is 9.97. The zero-order valence-corrected chi connectivity index (χ0v) is 7.69. The molecule has 1 aromatic carbocycles. The fourth-order valence-electron chi connectivity index (χ4n) is 1.66. The monoisotopic (exact) mass is 198 g/mol. The van der Waals surface area contributed by atoms with Crippen molar-refractivity contribution >= 4 is 0 Å². The van der Waals surface area contributed by atoms with Crippen LogP contribution in [0.15, 0.2) is 18.2 Å². The van der Waals surface area contributed by atoms with Gasteiger partial charge in [-0.15, -0.1) is 0 Å². The van der Waals surface area contributed by atoms with Crippen molar-refractivity contribution in [1.82, 2.24) is 10.6 Å². The molecular formula is C10H12F2N2. The van der Waals surface area contributed by atoms with E-state index in [9.17, 15) is 8.78 Å². The standard InChI is InChI=1S/C10H12F2N2/c11-8-3-1-2-7(10(8)12)9-6-13-4-5-14-9/h1-3,9,13-14H,4-6H2/t9-/m0/s1. The largest absolute Gasteiger partial charge is 0.314 e. The molecule has 1 heterocycles. The van der Waals surface area contributed by atoms with Crippen LogP contribution in [0.25, 0.3) is 0 Å². The third kappa shape index (κ3) is 1.76. The number of nitrogens with one attached hydrogen (secondary N) is 2. The lowest BCUT2D eigenvalue weighted by molar-refractivity contribution is 0.406. The maximum absolute atomic E-state index is 13.3. The van der Waals surface area contributed by atoms with Crippen LogP contribution in [0.5, 0.6) is 0 Å². The second-order valence-electron chi connectivity index (χ2n) is 3.35. The third-order valence-corrected chi connectivity index (χ3v) is 2.40. The minimum Gasteiger partial charge on any atom is -0.314 e. The van der Waals surface area contributed by atoms with Gasteiger partial charge in [-0.25, -0.2) is 8.78 Å². The summed E-state index contributed by atoms with van der Waals surface area (Å²) in [5.74, 6) is -1.52. The lowest BCUT2D eigenvalue weighted by Gasteiger charge is -2.25. The first-order chi connectivity index (χ1) is 6.79. The Morgan fingerprint density at radius 3 is 2.79 bits per heavy atom. The molecule has 14 heavy (non-hydrogen) atoms. The second kappa shape index (κ2) is 4.02. The predicted octanol–water partition coefficient (Wildman–Crippen LogP) is 1.20. The molecule has 0 aliphatic carbocycles. The molecule has 1 aliphatic heterocycles. The molecule has 0 bridgehead atoms. The van der Waals surface area contributed by atoms with Gasteiger partial charge in [0.05, 0.1) is 0 Å². The fraction of sp³-hybridized carbons (Fsp3) is 0.400. The molecule has 0 saturated carbocycles. The average Bonchev–Trinajstić information content (AvgIpc) is 2.23. The van der Waals surface area contributed by atoms with Crippen LogP contribution in [-0.4, -0.2) is 19.6 Å². The molecule has 1 fully saturated rings. The van der Waals surface area contributed by atoms with Crippen LogP contribution < -0.4 is 10.6 Å². The predicted molar refractivity (Wildman–Crippen MR) is 50.0 cm³/mol. The summed E-state index contributed by atoms with van der Waals surface area (Å²) in [7, 11) is 0. The van der Waals surface area contributed by atoms with Gasteiger partial charge in [-0.05, 0) is 6.07 Å². The average molecular weight is 198 g/mol. The van der Waals surface area contributed by atoms with Crippen LogP contribution in [0.4, 0.5) is 8.78 Å². The summed E-state index contributed by atoms with van der Waals surface area (Å²) in [6.07, 6.45) is 0. The molecule has 1 atom stereocenters. The highest BCUT2D eigenvalue weighted by Crippen LogP contribution is 2.19. The Morgan fingerprint density at radius 2 is 2.07 bits per heavy atom. The molecule has 76 valence electrons. The smallest absolute Gasteiger partial charge is 0.163 e. The molecule has 0 radical (unpaired) electrons. The maximum atomic E-state index is 13.3. The van der Waals surface area contributed by atoms with Crippen LogP contribution >= 0.6 is 0 Å². The Hall–Kier alpha value is -1.00. The van der Waals surface area contributed by atoms with Crippen molar-refractivity contribution in [2.75, 3.05) is 19.6 Å². The van der Waals surface area contributed by atoms with E-state index in [4.69, 9.17) is 0 Å². The minimum atomic E-state index is -0.783. The summed E-state index contributed by atoms with van der Waals surface area (Å²) in [6, 6.07) is 4.15. The Kier molecular flexibility index (Phi) is 2.74. The molecule has 1 saturated heterocycles. The number of rotatable bonds is 1. The SMILES string of the molecule is Fc1cccc([C@@H]2CNCCN2)c1F. The Bertz CT molecular complexity index is 322. The zero-order valence-electron chi connectivity index (χ0n) is 7.69. The van der Waals surface area contributed by atoms with Crippen molar-refractivity contribution in [3.63, 3.8) is 0 Å². The van der Waals surface area contributed by atoms with Gasteiger partial charge in [0.1, 0.15) is 0 Å². The number of benzene rings is 1. The van der Waals surface area contributed by atoms with Gasteiger partial charge in [0.25, 0.3) is 0 Å². The maximum Gasteiger partial charge on any atom is 0.163 e.